The van der Waals surface area contributed by atoms with E-state index in [4.69, 9.17) is 10.5 Å². The first-order valence-electron chi connectivity index (χ1n) is 4.67. The van der Waals surface area contributed by atoms with E-state index < -0.39 is 0 Å². The molecule has 2 aromatic rings. The highest BCUT2D eigenvalue weighted by Gasteiger charge is 2.01. The highest BCUT2D eigenvalue weighted by atomic mass is 32.1. The standard InChI is InChI=1S/C12H10FNOS/c13-8-2-1-3-9(6-8)15-10-4-5-12(16)11(14)7-10/h1-7,16H,14H2. The molecule has 0 saturated heterocycles. The number of ether oxygens (including phenoxy) is 1. The van der Waals surface area contributed by atoms with Crippen LogP contribution in [0.4, 0.5) is 10.1 Å². The van der Waals surface area contributed by atoms with Crippen LogP contribution >= 0.6 is 12.6 Å². The van der Waals surface area contributed by atoms with Gasteiger partial charge in [0.05, 0.1) is 0 Å². The van der Waals surface area contributed by atoms with E-state index in [-0.39, 0.29) is 5.82 Å². The molecule has 0 amide bonds. The van der Waals surface area contributed by atoms with Crippen molar-refractivity contribution >= 4 is 18.3 Å². The Morgan fingerprint density at radius 1 is 1.06 bits per heavy atom. The van der Waals surface area contributed by atoms with Crippen LogP contribution in [0.5, 0.6) is 11.5 Å². The van der Waals surface area contributed by atoms with Crippen molar-refractivity contribution in [3.8, 4) is 11.5 Å². The van der Waals surface area contributed by atoms with Gasteiger partial charge in [-0.1, -0.05) is 6.07 Å². The number of hydrogen-bond donors (Lipinski definition) is 2. The van der Waals surface area contributed by atoms with Gasteiger partial charge in [0.1, 0.15) is 17.3 Å². The summed E-state index contributed by atoms with van der Waals surface area (Å²) in [4.78, 5) is 0.687. The minimum absolute atomic E-state index is 0.337. The molecular formula is C12H10FNOS. The van der Waals surface area contributed by atoms with Crippen molar-refractivity contribution in [2.24, 2.45) is 0 Å². The van der Waals surface area contributed by atoms with Crippen molar-refractivity contribution < 1.29 is 9.13 Å². The van der Waals surface area contributed by atoms with E-state index in [1.165, 1.54) is 12.1 Å². The summed E-state index contributed by atoms with van der Waals surface area (Å²) in [6.45, 7) is 0. The quantitative estimate of drug-likeness (QED) is 0.617. The molecule has 0 unspecified atom stereocenters. The third kappa shape index (κ3) is 2.46. The lowest BCUT2D eigenvalue weighted by molar-refractivity contribution is 0.476. The van der Waals surface area contributed by atoms with Crippen LogP contribution in [0, 0.1) is 5.82 Å². The van der Waals surface area contributed by atoms with E-state index in [0.717, 1.165) is 0 Å². The van der Waals surface area contributed by atoms with Gasteiger partial charge in [0.2, 0.25) is 0 Å². The molecule has 2 nitrogen and oxygen atoms in total. The summed E-state index contributed by atoms with van der Waals surface area (Å²) in [5.41, 5.74) is 6.20. The summed E-state index contributed by atoms with van der Waals surface area (Å²) in [5, 5.41) is 0. The smallest absolute Gasteiger partial charge is 0.130 e. The topological polar surface area (TPSA) is 35.2 Å². The number of nitrogen functional groups attached to an aromatic ring is 1. The van der Waals surface area contributed by atoms with Gasteiger partial charge in [-0.05, 0) is 24.3 Å². The molecule has 0 radical (unpaired) electrons. The van der Waals surface area contributed by atoms with Crippen LogP contribution in [0.1, 0.15) is 0 Å². The Morgan fingerprint density at radius 3 is 2.50 bits per heavy atom. The van der Waals surface area contributed by atoms with Gasteiger partial charge in [-0.2, -0.15) is 0 Å². The second-order valence-electron chi connectivity index (χ2n) is 3.28. The predicted octanol–water partition coefficient (Wildman–Crippen LogP) is 3.49. The van der Waals surface area contributed by atoms with Gasteiger partial charge in [0, 0.05) is 22.7 Å². The predicted molar refractivity (Wildman–Crippen MR) is 64.6 cm³/mol. The zero-order valence-corrected chi connectivity index (χ0v) is 9.25. The Morgan fingerprint density at radius 2 is 1.81 bits per heavy atom. The molecule has 0 fully saturated rings. The Balaban J connectivity index is 2.24. The molecule has 0 atom stereocenters. The first kappa shape index (κ1) is 10.8. The van der Waals surface area contributed by atoms with Crippen LogP contribution in [0.25, 0.3) is 0 Å². The molecule has 82 valence electrons. The highest BCUT2D eigenvalue weighted by Crippen LogP contribution is 2.27. The first-order chi connectivity index (χ1) is 7.65. The third-order valence-electron chi connectivity index (χ3n) is 2.03. The fraction of sp³-hybridized carbons (Fsp3) is 0. The maximum Gasteiger partial charge on any atom is 0.130 e. The van der Waals surface area contributed by atoms with Gasteiger partial charge in [-0.25, -0.2) is 4.39 Å². The van der Waals surface area contributed by atoms with Crippen molar-refractivity contribution in [3.05, 3.63) is 48.3 Å². The van der Waals surface area contributed by atoms with E-state index in [9.17, 15) is 4.39 Å². The van der Waals surface area contributed by atoms with Crippen molar-refractivity contribution in [1.29, 1.82) is 0 Å². The molecule has 0 saturated carbocycles. The second kappa shape index (κ2) is 4.45. The third-order valence-corrected chi connectivity index (χ3v) is 2.44. The SMILES string of the molecule is Nc1cc(Oc2cccc(F)c2)ccc1S. The lowest BCUT2D eigenvalue weighted by Crippen LogP contribution is -1.89. The zero-order valence-electron chi connectivity index (χ0n) is 8.35. The maximum absolute atomic E-state index is 12.9. The summed E-state index contributed by atoms with van der Waals surface area (Å²) < 4.78 is 18.3. The van der Waals surface area contributed by atoms with E-state index in [1.807, 2.05) is 0 Å². The minimum Gasteiger partial charge on any atom is -0.457 e. The van der Waals surface area contributed by atoms with Gasteiger partial charge in [-0.15, -0.1) is 12.6 Å². The molecule has 0 aromatic heterocycles. The average Bonchev–Trinajstić information content (AvgIpc) is 2.24. The molecular weight excluding hydrogens is 225 g/mol. The molecule has 0 aliphatic heterocycles. The van der Waals surface area contributed by atoms with Crippen LogP contribution in [0.15, 0.2) is 47.4 Å². The average molecular weight is 235 g/mol. The highest BCUT2D eigenvalue weighted by molar-refractivity contribution is 7.80. The molecule has 16 heavy (non-hydrogen) atoms. The fourth-order valence-electron chi connectivity index (χ4n) is 1.26. The largest absolute Gasteiger partial charge is 0.457 e. The summed E-state index contributed by atoms with van der Waals surface area (Å²) in [5.74, 6) is 0.656. The van der Waals surface area contributed by atoms with E-state index in [2.05, 4.69) is 12.6 Å². The van der Waals surface area contributed by atoms with E-state index >= 15 is 0 Å². The van der Waals surface area contributed by atoms with Crippen LogP contribution in [0.2, 0.25) is 0 Å². The number of thiol groups is 1. The lowest BCUT2D eigenvalue weighted by atomic mass is 10.3. The van der Waals surface area contributed by atoms with Crippen LogP contribution in [-0.2, 0) is 0 Å². The summed E-state index contributed by atoms with van der Waals surface area (Å²) in [6.07, 6.45) is 0. The van der Waals surface area contributed by atoms with Crippen LogP contribution < -0.4 is 10.5 Å². The van der Waals surface area contributed by atoms with Crippen molar-refractivity contribution in [3.63, 3.8) is 0 Å². The van der Waals surface area contributed by atoms with Gasteiger partial charge < -0.3 is 10.5 Å². The van der Waals surface area contributed by atoms with Crippen molar-refractivity contribution in [2.75, 3.05) is 5.73 Å². The van der Waals surface area contributed by atoms with Gasteiger partial charge >= 0.3 is 0 Å². The molecule has 2 aromatic carbocycles. The number of anilines is 1. The molecule has 0 spiro atoms. The summed E-state index contributed by atoms with van der Waals surface area (Å²) in [7, 11) is 0. The van der Waals surface area contributed by atoms with Crippen molar-refractivity contribution in [2.45, 2.75) is 4.90 Å². The Hall–Kier alpha value is -1.68. The van der Waals surface area contributed by atoms with E-state index in [0.29, 0.717) is 22.1 Å². The first-order valence-corrected chi connectivity index (χ1v) is 5.12. The minimum atomic E-state index is -0.337. The number of benzene rings is 2. The Labute approximate surface area is 98.3 Å². The number of nitrogens with two attached hydrogens (primary N) is 1. The Bertz CT molecular complexity index is 516. The molecule has 2 N–H and O–H groups in total. The summed E-state index contributed by atoms with van der Waals surface area (Å²) >= 11 is 4.15. The molecule has 4 heteroatoms. The van der Waals surface area contributed by atoms with Crippen LogP contribution in [0.3, 0.4) is 0 Å². The zero-order chi connectivity index (χ0) is 11.5. The van der Waals surface area contributed by atoms with Gasteiger partial charge in [0.25, 0.3) is 0 Å². The number of rotatable bonds is 2. The fourth-order valence-corrected chi connectivity index (χ4v) is 1.40. The normalized spacial score (nSPS) is 10.1. The van der Waals surface area contributed by atoms with E-state index in [1.54, 1.807) is 30.3 Å². The van der Waals surface area contributed by atoms with Crippen molar-refractivity contribution in [1.82, 2.24) is 0 Å². The van der Waals surface area contributed by atoms with Gasteiger partial charge in [0.15, 0.2) is 0 Å². The molecule has 2 rings (SSSR count). The summed E-state index contributed by atoms with van der Waals surface area (Å²) in [6, 6.07) is 11.0. The monoisotopic (exact) mass is 235 g/mol. The second-order valence-corrected chi connectivity index (χ2v) is 3.76. The maximum atomic E-state index is 12.9. The molecule has 0 bridgehead atoms. The number of halogens is 1. The molecule has 0 heterocycles. The van der Waals surface area contributed by atoms with Crippen LogP contribution in [-0.4, -0.2) is 0 Å². The van der Waals surface area contributed by atoms with Gasteiger partial charge in [-0.3, -0.25) is 0 Å². The Kier molecular flexibility index (Phi) is 3.01. The molecule has 0 aliphatic carbocycles. The lowest BCUT2D eigenvalue weighted by Gasteiger charge is -2.07. The number of hydrogen-bond acceptors (Lipinski definition) is 3. The molecule has 0 aliphatic rings.